The Morgan fingerprint density at radius 1 is 1.40 bits per heavy atom. The molecule has 0 fully saturated rings. The Bertz CT molecular complexity index is 499. The molecule has 0 unspecified atom stereocenters. The van der Waals surface area contributed by atoms with Gasteiger partial charge in [-0.2, -0.15) is 0 Å². The number of thiocarbonyl (C=S) groups is 1. The maximum absolute atomic E-state index is 11.7. The largest absolute Gasteiger partial charge is 0.392 e. The first-order valence-electron chi connectivity index (χ1n) is 3.79. The van der Waals surface area contributed by atoms with Crippen LogP contribution in [0.2, 0.25) is 10.0 Å². The van der Waals surface area contributed by atoms with Crippen molar-refractivity contribution < 1.29 is 8.42 Å². The van der Waals surface area contributed by atoms with Crippen molar-refractivity contribution in [3.63, 3.8) is 0 Å². The molecular weight excluding hydrogens is 277 g/mol. The fourth-order valence-corrected chi connectivity index (χ4v) is 3.35. The van der Waals surface area contributed by atoms with Crippen LogP contribution in [0.1, 0.15) is 0 Å². The lowest BCUT2D eigenvalue weighted by Gasteiger charge is -2.05. The van der Waals surface area contributed by atoms with E-state index in [1.54, 1.807) is 0 Å². The van der Waals surface area contributed by atoms with Crippen LogP contribution in [-0.2, 0) is 9.84 Å². The molecule has 0 aliphatic heterocycles. The molecule has 15 heavy (non-hydrogen) atoms. The van der Waals surface area contributed by atoms with Crippen LogP contribution >= 0.6 is 35.4 Å². The lowest BCUT2D eigenvalue weighted by Crippen LogP contribution is -2.21. The van der Waals surface area contributed by atoms with Crippen LogP contribution in [0.25, 0.3) is 0 Å². The average Bonchev–Trinajstić information content (AvgIpc) is 2.06. The number of hydrogen-bond acceptors (Lipinski definition) is 3. The maximum atomic E-state index is 11.7. The third-order valence-corrected chi connectivity index (χ3v) is 4.26. The Morgan fingerprint density at radius 2 is 2.00 bits per heavy atom. The molecule has 0 saturated heterocycles. The van der Waals surface area contributed by atoms with Gasteiger partial charge >= 0.3 is 0 Å². The van der Waals surface area contributed by atoms with Crippen LogP contribution in [0, 0.1) is 0 Å². The summed E-state index contributed by atoms with van der Waals surface area (Å²) in [7, 11) is -3.60. The van der Waals surface area contributed by atoms with E-state index >= 15 is 0 Å². The van der Waals surface area contributed by atoms with E-state index in [1.807, 2.05) is 0 Å². The lowest BCUT2D eigenvalue weighted by atomic mass is 10.4. The molecule has 0 atom stereocenters. The zero-order valence-electron chi connectivity index (χ0n) is 7.41. The Balaban J connectivity index is 3.26. The van der Waals surface area contributed by atoms with Crippen LogP contribution in [-0.4, -0.2) is 19.2 Å². The Hall–Kier alpha value is -0.360. The van der Waals surface area contributed by atoms with Crippen molar-refractivity contribution in [1.29, 1.82) is 0 Å². The van der Waals surface area contributed by atoms with E-state index in [-0.39, 0.29) is 14.9 Å². The first kappa shape index (κ1) is 12.7. The van der Waals surface area contributed by atoms with Gasteiger partial charge in [-0.15, -0.1) is 0 Å². The van der Waals surface area contributed by atoms with Gasteiger partial charge in [-0.05, 0) is 18.2 Å². The van der Waals surface area contributed by atoms with E-state index < -0.39 is 15.6 Å². The number of rotatable bonds is 3. The van der Waals surface area contributed by atoms with Crippen molar-refractivity contribution in [3.8, 4) is 0 Å². The molecule has 0 aliphatic carbocycles. The standard InChI is InChI=1S/C8H7Cl2NO2S2/c9-5-1-2-6(10)7(3-5)15(12,13)4-8(11)14/h1-3H,4H2,(H2,11,14). The molecule has 2 N–H and O–H groups in total. The fraction of sp³-hybridized carbons (Fsp3) is 0.125. The molecule has 0 saturated carbocycles. The third-order valence-electron chi connectivity index (χ3n) is 1.56. The molecule has 0 aliphatic rings. The summed E-state index contributed by atoms with van der Waals surface area (Å²) in [6.07, 6.45) is 0. The highest BCUT2D eigenvalue weighted by Gasteiger charge is 2.19. The SMILES string of the molecule is NC(=S)CS(=O)(=O)c1cc(Cl)ccc1Cl. The van der Waals surface area contributed by atoms with E-state index in [1.165, 1.54) is 18.2 Å². The zero-order valence-corrected chi connectivity index (χ0v) is 10.6. The molecule has 82 valence electrons. The molecule has 1 aromatic rings. The monoisotopic (exact) mass is 283 g/mol. The van der Waals surface area contributed by atoms with E-state index in [2.05, 4.69) is 12.2 Å². The van der Waals surface area contributed by atoms with Gasteiger partial charge < -0.3 is 5.73 Å². The van der Waals surface area contributed by atoms with Gasteiger partial charge in [0.1, 0.15) is 5.75 Å². The molecule has 1 aromatic carbocycles. The van der Waals surface area contributed by atoms with Gasteiger partial charge in [0.15, 0.2) is 9.84 Å². The summed E-state index contributed by atoms with van der Waals surface area (Å²) in [6, 6.07) is 4.19. The Morgan fingerprint density at radius 3 is 2.53 bits per heavy atom. The van der Waals surface area contributed by atoms with Crippen molar-refractivity contribution in [2.45, 2.75) is 4.90 Å². The van der Waals surface area contributed by atoms with Gasteiger partial charge in [-0.1, -0.05) is 35.4 Å². The molecule has 3 nitrogen and oxygen atoms in total. The van der Waals surface area contributed by atoms with Gasteiger partial charge in [0.25, 0.3) is 0 Å². The molecule has 0 bridgehead atoms. The molecule has 1 rings (SSSR count). The molecule has 7 heteroatoms. The third kappa shape index (κ3) is 3.31. The second-order valence-electron chi connectivity index (χ2n) is 2.80. The predicted molar refractivity (Wildman–Crippen MR) is 65.3 cm³/mol. The van der Waals surface area contributed by atoms with E-state index in [9.17, 15) is 8.42 Å². The summed E-state index contributed by atoms with van der Waals surface area (Å²) in [4.78, 5) is -0.157. The Kier molecular flexibility index (Phi) is 3.94. The van der Waals surface area contributed by atoms with Crippen molar-refractivity contribution in [2.75, 3.05) is 5.75 Å². The maximum Gasteiger partial charge on any atom is 0.186 e. The number of hydrogen-bond donors (Lipinski definition) is 1. The van der Waals surface area contributed by atoms with Crippen LogP contribution in [0.15, 0.2) is 23.1 Å². The molecular formula is C8H7Cl2NO2S2. The number of nitrogens with two attached hydrogens (primary N) is 1. The first-order chi connectivity index (χ1) is 6.83. The molecule has 0 radical (unpaired) electrons. The van der Waals surface area contributed by atoms with Crippen LogP contribution in [0.5, 0.6) is 0 Å². The summed E-state index contributed by atoms with van der Waals surface area (Å²) < 4.78 is 23.4. The Labute approximate surface area is 103 Å². The van der Waals surface area contributed by atoms with E-state index in [4.69, 9.17) is 28.9 Å². The summed E-state index contributed by atoms with van der Waals surface area (Å²) in [5, 5.41) is 0.400. The summed E-state index contributed by atoms with van der Waals surface area (Å²) >= 11 is 16.0. The van der Waals surface area contributed by atoms with Crippen molar-refractivity contribution in [1.82, 2.24) is 0 Å². The average molecular weight is 284 g/mol. The normalized spacial score (nSPS) is 11.3. The number of benzene rings is 1. The first-order valence-corrected chi connectivity index (χ1v) is 6.60. The second kappa shape index (κ2) is 4.65. The van der Waals surface area contributed by atoms with Crippen molar-refractivity contribution >= 4 is 50.2 Å². The smallest absolute Gasteiger partial charge is 0.186 e. The predicted octanol–water partition coefficient (Wildman–Crippen LogP) is 2.05. The highest BCUT2D eigenvalue weighted by molar-refractivity contribution is 7.94. The minimum absolute atomic E-state index is 0.0514. The zero-order chi connectivity index (χ0) is 11.6. The molecule has 0 heterocycles. The van der Waals surface area contributed by atoms with E-state index in [0.29, 0.717) is 5.02 Å². The molecule has 0 amide bonds. The number of sulfone groups is 1. The fourth-order valence-electron chi connectivity index (χ4n) is 0.981. The van der Waals surface area contributed by atoms with Crippen LogP contribution in [0.4, 0.5) is 0 Å². The second-order valence-corrected chi connectivity index (χ2v) is 6.13. The molecule has 0 spiro atoms. The van der Waals surface area contributed by atoms with Crippen molar-refractivity contribution in [3.05, 3.63) is 28.2 Å². The van der Waals surface area contributed by atoms with Gasteiger partial charge in [-0.25, -0.2) is 8.42 Å². The van der Waals surface area contributed by atoms with Crippen LogP contribution in [0.3, 0.4) is 0 Å². The van der Waals surface area contributed by atoms with E-state index in [0.717, 1.165) is 0 Å². The van der Waals surface area contributed by atoms with Crippen LogP contribution < -0.4 is 5.73 Å². The lowest BCUT2D eigenvalue weighted by molar-refractivity contribution is 0.600. The minimum Gasteiger partial charge on any atom is -0.392 e. The highest BCUT2D eigenvalue weighted by Crippen LogP contribution is 2.25. The summed E-state index contributed by atoms with van der Waals surface area (Å²) in [6.45, 7) is 0. The van der Waals surface area contributed by atoms with Crippen molar-refractivity contribution in [2.24, 2.45) is 5.73 Å². The van der Waals surface area contributed by atoms with Gasteiger partial charge in [-0.3, -0.25) is 0 Å². The van der Waals surface area contributed by atoms with Gasteiger partial charge in [0, 0.05) is 5.02 Å². The molecule has 0 aromatic heterocycles. The summed E-state index contributed by atoms with van der Waals surface area (Å²) in [5.74, 6) is -0.414. The van der Waals surface area contributed by atoms with Gasteiger partial charge in [0.2, 0.25) is 0 Å². The minimum atomic E-state index is -3.60. The quantitative estimate of drug-likeness (QED) is 0.863. The topological polar surface area (TPSA) is 60.2 Å². The highest BCUT2D eigenvalue weighted by atomic mass is 35.5. The van der Waals surface area contributed by atoms with Gasteiger partial charge in [0.05, 0.1) is 14.9 Å². The number of halogens is 2. The summed E-state index contributed by atoms with van der Waals surface area (Å²) in [5.41, 5.74) is 5.18.